The minimum Gasteiger partial charge on any atom is -0.467 e. The molecular weight excluding hydrogens is 438 g/mol. The smallest absolute Gasteiger partial charge is 0.261 e. The Balaban J connectivity index is 1.63. The fraction of sp³-hybridized carbons (Fsp3) is 0.320. The number of nitrogens with one attached hydrogen (secondary N) is 2. The van der Waals surface area contributed by atoms with Crippen LogP contribution in [0.2, 0.25) is 0 Å². The van der Waals surface area contributed by atoms with Gasteiger partial charge in [0.15, 0.2) is 6.04 Å². The Labute approximate surface area is 196 Å². The number of hydrogen-bond acceptors (Lipinski definition) is 5. The van der Waals surface area contributed by atoms with Gasteiger partial charge in [0.2, 0.25) is 5.91 Å². The molecule has 0 aliphatic heterocycles. The molecule has 1 atom stereocenters. The van der Waals surface area contributed by atoms with Crippen molar-refractivity contribution in [3.8, 4) is 0 Å². The predicted octanol–water partition coefficient (Wildman–Crippen LogP) is 4.21. The van der Waals surface area contributed by atoms with Crippen LogP contribution in [0.4, 0.5) is 5.69 Å². The van der Waals surface area contributed by atoms with E-state index in [9.17, 15) is 14.4 Å². The van der Waals surface area contributed by atoms with E-state index in [-0.39, 0.29) is 24.4 Å². The first-order chi connectivity index (χ1) is 16.0. The Morgan fingerprint density at radius 2 is 1.85 bits per heavy atom. The van der Waals surface area contributed by atoms with Gasteiger partial charge in [-0.25, -0.2) is 0 Å². The summed E-state index contributed by atoms with van der Waals surface area (Å²) >= 11 is 1.30. The molecule has 1 aromatic carbocycles. The lowest BCUT2D eigenvalue weighted by atomic mass is 10.1. The molecule has 7 nitrogen and oxygen atoms in total. The SMILES string of the molecule is Cc1ccc(N(C(=O)CNC(=O)c2cccs2)C(C(=O)NC2CCCC2)c2ccco2)cc1. The molecule has 3 amide bonds. The maximum atomic E-state index is 13.5. The van der Waals surface area contributed by atoms with Crippen molar-refractivity contribution >= 4 is 34.7 Å². The molecule has 8 heteroatoms. The van der Waals surface area contributed by atoms with Crippen LogP contribution in [0, 0.1) is 6.92 Å². The molecule has 1 aliphatic carbocycles. The highest BCUT2D eigenvalue weighted by Gasteiger charge is 2.36. The number of amides is 3. The van der Waals surface area contributed by atoms with Gasteiger partial charge in [-0.1, -0.05) is 36.6 Å². The summed E-state index contributed by atoms with van der Waals surface area (Å²) in [4.78, 5) is 41.3. The van der Waals surface area contributed by atoms with Crippen molar-refractivity contribution in [3.05, 3.63) is 76.4 Å². The first-order valence-electron chi connectivity index (χ1n) is 11.1. The van der Waals surface area contributed by atoms with Gasteiger partial charge in [0.1, 0.15) is 5.76 Å². The standard InChI is InChI=1S/C25H27N3O4S/c1-17-10-12-19(13-11-17)28(22(29)16-26-24(30)21-9-5-15-33-21)23(20-8-4-14-32-20)25(31)27-18-6-2-3-7-18/h4-5,8-15,18,23H,2-3,6-7,16H2,1H3,(H,26,30)(H,27,31). The summed E-state index contributed by atoms with van der Waals surface area (Å²) in [5, 5.41) is 7.57. The van der Waals surface area contributed by atoms with E-state index in [0.29, 0.717) is 16.3 Å². The highest BCUT2D eigenvalue weighted by Crippen LogP contribution is 2.30. The van der Waals surface area contributed by atoms with Gasteiger partial charge >= 0.3 is 0 Å². The molecule has 2 aromatic heterocycles. The van der Waals surface area contributed by atoms with Crippen molar-refractivity contribution in [1.29, 1.82) is 0 Å². The monoisotopic (exact) mass is 465 g/mol. The lowest BCUT2D eigenvalue weighted by molar-refractivity contribution is -0.127. The lowest BCUT2D eigenvalue weighted by Gasteiger charge is -2.31. The van der Waals surface area contributed by atoms with Gasteiger partial charge in [-0.15, -0.1) is 11.3 Å². The lowest BCUT2D eigenvalue weighted by Crippen LogP contribution is -2.49. The molecule has 3 aromatic rings. The third-order valence-corrected chi connectivity index (χ3v) is 6.62. The third kappa shape index (κ3) is 5.51. The van der Waals surface area contributed by atoms with Crippen LogP contribution in [0.15, 0.2) is 64.6 Å². The van der Waals surface area contributed by atoms with Crippen molar-refractivity contribution in [2.45, 2.75) is 44.7 Å². The van der Waals surface area contributed by atoms with E-state index in [1.165, 1.54) is 22.5 Å². The van der Waals surface area contributed by atoms with Gasteiger partial charge in [0.25, 0.3) is 11.8 Å². The summed E-state index contributed by atoms with van der Waals surface area (Å²) < 4.78 is 5.60. The molecule has 33 heavy (non-hydrogen) atoms. The molecule has 0 radical (unpaired) electrons. The molecule has 0 saturated heterocycles. The number of thiophene rings is 1. The highest BCUT2D eigenvalue weighted by molar-refractivity contribution is 7.12. The normalized spacial score (nSPS) is 14.6. The van der Waals surface area contributed by atoms with Gasteiger partial charge in [-0.3, -0.25) is 19.3 Å². The Morgan fingerprint density at radius 1 is 1.09 bits per heavy atom. The number of furan rings is 1. The molecule has 2 heterocycles. The first kappa shape index (κ1) is 22.8. The van der Waals surface area contributed by atoms with Crippen LogP contribution in [-0.2, 0) is 9.59 Å². The molecule has 2 N–H and O–H groups in total. The summed E-state index contributed by atoms with van der Waals surface area (Å²) in [7, 11) is 0. The number of carbonyl (C=O) groups is 3. The Bertz CT molecular complexity index is 1070. The largest absolute Gasteiger partial charge is 0.467 e. The molecule has 172 valence electrons. The molecule has 0 spiro atoms. The minimum absolute atomic E-state index is 0.0865. The predicted molar refractivity (Wildman–Crippen MR) is 127 cm³/mol. The quantitative estimate of drug-likeness (QED) is 0.521. The number of rotatable bonds is 8. The van der Waals surface area contributed by atoms with Crippen molar-refractivity contribution in [2.75, 3.05) is 11.4 Å². The average Bonchev–Trinajstić information content (AvgIpc) is 3.60. The first-order valence-corrected chi connectivity index (χ1v) is 11.9. The molecule has 4 rings (SSSR count). The zero-order chi connectivity index (χ0) is 23.2. The van der Waals surface area contributed by atoms with Crippen LogP contribution in [0.3, 0.4) is 0 Å². The van der Waals surface area contributed by atoms with Crippen LogP contribution in [0.1, 0.15) is 52.7 Å². The molecule has 1 aliphatic rings. The van der Waals surface area contributed by atoms with E-state index in [1.807, 2.05) is 19.1 Å². The summed E-state index contributed by atoms with van der Waals surface area (Å²) in [5.74, 6) is -0.668. The van der Waals surface area contributed by atoms with Crippen LogP contribution in [0.25, 0.3) is 0 Å². The number of anilines is 1. The zero-order valence-corrected chi connectivity index (χ0v) is 19.3. The van der Waals surface area contributed by atoms with E-state index in [1.54, 1.807) is 41.8 Å². The van der Waals surface area contributed by atoms with Crippen molar-refractivity contribution in [1.82, 2.24) is 10.6 Å². The number of carbonyl (C=O) groups excluding carboxylic acids is 3. The molecule has 1 saturated carbocycles. The Hall–Kier alpha value is -3.39. The molecular formula is C25H27N3O4S. The van der Waals surface area contributed by atoms with E-state index in [4.69, 9.17) is 4.42 Å². The van der Waals surface area contributed by atoms with Gasteiger partial charge in [-0.05, 0) is 55.5 Å². The average molecular weight is 466 g/mol. The summed E-state index contributed by atoms with van der Waals surface area (Å²) in [6.45, 7) is 1.70. The maximum Gasteiger partial charge on any atom is 0.261 e. The van der Waals surface area contributed by atoms with Crippen molar-refractivity contribution in [3.63, 3.8) is 0 Å². The Morgan fingerprint density at radius 3 is 2.48 bits per heavy atom. The van der Waals surface area contributed by atoms with Crippen LogP contribution >= 0.6 is 11.3 Å². The maximum absolute atomic E-state index is 13.5. The second-order valence-electron chi connectivity index (χ2n) is 8.17. The number of benzene rings is 1. The van der Waals surface area contributed by atoms with Crippen LogP contribution in [-0.4, -0.2) is 30.3 Å². The van der Waals surface area contributed by atoms with E-state index in [2.05, 4.69) is 10.6 Å². The van der Waals surface area contributed by atoms with Gasteiger partial charge in [0, 0.05) is 11.7 Å². The van der Waals surface area contributed by atoms with Crippen molar-refractivity contribution in [2.24, 2.45) is 0 Å². The second-order valence-corrected chi connectivity index (χ2v) is 9.11. The van der Waals surface area contributed by atoms with Gasteiger partial charge < -0.3 is 15.1 Å². The van der Waals surface area contributed by atoms with E-state index >= 15 is 0 Å². The fourth-order valence-corrected chi connectivity index (χ4v) is 4.69. The van der Waals surface area contributed by atoms with Gasteiger partial charge in [0.05, 0.1) is 17.7 Å². The summed E-state index contributed by atoms with van der Waals surface area (Å²) in [6.07, 6.45) is 5.48. The minimum atomic E-state index is -0.991. The van der Waals surface area contributed by atoms with Crippen LogP contribution < -0.4 is 15.5 Å². The summed E-state index contributed by atoms with van der Waals surface area (Å²) in [5.41, 5.74) is 1.58. The molecule has 1 fully saturated rings. The molecule has 1 unspecified atom stereocenters. The van der Waals surface area contributed by atoms with E-state index in [0.717, 1.165) is 31.2 Å². The molecule has 0 bridgehead atoms. The summed E-state index contributed by atoms with van der Waals surface area (Å²) in [6, 6.07) is 13.3. The van der Waals surface area contributed by atoms with Crippen LogP contribution in [0.5, 0.6) is 0 Å². The Kier molecular flexibility index (Phi) is 7.24. The third-order valence-electron chi connectivity index (χ3n) is 5.75. The number of hydrogen-bond donors (Lipinski definition) is 2. The zero-order valence-electron chi connectivity index (χ0n) is 18.5. The fourth-order valence-electron chi connectivity index (χ4n) is 4.05. The second kappa shape index (κ2) is 10.5. The number of aryl methyl sites for hydroxylation is 1. The number of nitrogens with zero attached hydrogens (tertiary/aromatic N) is 1. The van der Waals surface area contributed by atoms with Crippen molar-refractivity contribution < 1.29 is 18.8 Å². The van der Waals surface area contributed by atoms with E-state index < -0.39 is 11.9 Å². The van der Waals surface area contributed by atoms with Gasteiger partial charge in [-0.2, -0.15) is 0 Å². The topological polar surface area (TPSA) is 91.7 Å². The highest BCUT2D eigenvalue weighted by atomic mass is 32.1.